The lowest BCUT2D eigenvalue weighted by atomic mass is 9.80. The highest BCUT2D eigenvalue weighted by atomic mass is 16.5. The zero-order chi connectivity index (χ0) is 9.80. The molecule has 0 radical (unpaired) electrons. The first-order chi connectivity index (χ1) is 6.88. The highest BCUT2D eigenvalue weighted by molar-refractivity contribution is 4.84. The summed E-state index contributed by atoms with van der Waals surface area (Å²) in [6.45, 7) is 4.15. The average Bonchev–Trinajstić information content (AvgIpc) is 2.30. The number of hydrogen-bond acceptors (Lipinski definition) is 3. The van der Waals surface area contributed by atoms with E-state index in [0.29, 0.717) is 12.0 Å². The molecule has 0 aliphatic carbocycles. The molecule has 2 aliphatic rings. The predicted octanol–water partition coefficient (Wildman–Crippen LogP) is 0.740. The molecule has 0 bridgehead atoms. The molecule has 2 saturated heterocycles. The van der Waals surface area contributed by atoms with Gasteiger partial charge in [0.2, 0.25) is 0 Å². The van der Waals surface area contributed by atoms with Gasteiger partial charge in [-0.15, -0.1) is 0 Å². The van der Waals surface area contributed by atoms with Gasteiger partial charge in [-0.05, 0) is 50.6 Å². The van der Waals surface area contributed by atoms with Gasteiger partial charge in [0, 0.05) is 19.3 Å². The fourth-order valence-electron chi connectivity index (χ4n) is 2.71. The number of rotatable bonds is 2. The molecule has 0 spiro atoms. The Labute approximate surface area is 86.4 Å². The van der Waals surface area contributed by atoms with E-state index in [1.54, 1.807) is 0 Å². The Morgan fingerprint density at radius 1 is 1.00 bits per heavy atom. The van der Waals surface area contributed by atoms with Crippen LogP contribution in [-0.2, 0) is 4.74 Å². The second-order valence-corrected chi connectivity index (χ2v) is 4.61. The number of nitrogens with two attached hydrogens (primary N) is 1. The van der Waals surface area contributed by atoms with Crippen molar-refractivity contribution in [1.29, 1.82) is 0 Å². The summed E-state index contributed by atoms with van der Waals surface area (Å²) in [5, 5.41) is 3.39. The lowest BCUT2D eigenvalue weighted by Crippen LogP contribution is -2.44. The van der Waals surface area contributed by atoms with Crippen LogP contribution < -0.4 is 11.1 Å². The summed E-state index contributed by atoms with van der Waals surface area (Å²) in [4.78, 5) is 0. The maximum atomic E-state index is 6.34. The number of nitrogens with one attached hydrogen (secondary N) is 1. The number of hydrogen-bond donors (Lipinski definition) is 2. The first-order valence-electron chi connectivity index (χ1n) is 5.92. The fourth-order valence-corrected chi connectivity index (χ4v) is 2.71. The van der Waals surface area contributed by atoms with Gasteiger partial charge in [-0.3, -0.25) is 0 Å². The summed E-state index contributed by atoms with van der Waals surface area (Å²) in [5.74, 6) is 1.46. The molecule has 82 valence electrons. The number of piperidine rings is 1. The van der Waals surface area contributed by atoms with Crippen LogP contribution in [0.5, 0.6) is 0 Å². The largest absolute Gasteiger partial charge is 0.381 e. The molecule has 3 nitrogen and oxygen atoms in total. The molecule has 2 aliphatic heterocycles. The third-order valence-electron chi connectivity index (χ3n) is 3.74. The third-order valence-corrected chi connectivity index (χ3v) is 3.74. The van der Waals surface area contributed by atoms with Crippen LogP contribution in [0.2, 0.25) is 0 Å². The van der Waals surface area contributed by atoms with Crippen molar-refractivity contribution < 1.29 is 4.74 Å². The SMILES string of the molecule is NC(C1CCNCC1)C1CCOCC1. The van der Waals surface area contributed by atoms with Gasteiger partial charge in [0.25, 0.3) is 0 Å². The van der Waals surface area contributed by atoms with Crippen molar-refractivity contribution in [3.8, 4) is 0 Å². The minimum Gasteiger partial charge on any atom is -0.381 e. The smallest absolute Gasteiger partial charge is 0.0469 e. The van der Waals surface area contributed by atoms with Crippen LogP contribution in [0.15, 0.2) is 0 Å². The van der Waals surface area contributed by atoms with E-state index in [-0.39, 0.29) is 0 Å². The van der Waals surface area contributed by atoms with E-state index in [2.05, 4.69) is 5.32 Å². The van der Waals surface area contributed by atoms with Gasteiger partial charge in [-0.25, -0.2) is 0 Å². The van der Waals surface area contributed by atoms with E-state index in [0.717, 1.165) is 32.2 Å². The van der Waals surface area contributed by atoms with Crippen LogP contribution in [0.3, 0.4) is 0 Å². The minimum absolute atomic E-state index is 0.418. The summed E-state index contributed by atoms with van der Waals surface area (Å²) >= 11 is 0. The molecule has 1 unspecified atom stereocenters. The maximum Gasteiger partial charge on any atom is 0.0469 e. The van der Waals surface area contributed by atoms with Crippen LogP contribution in [0.25, 0.3) is 0 Å². The van der Waals surface area contributed by atoms with Crippen LogP contribution in [0.1, 0.15) is 25.7 Å². The normalized spacial score (nSPS) is 28.9. The van der Waals surface area contributed by atoms with Crippen molar-refractivity contribution in [2.75, 3.05) is 26.3 Å². The standard InChI is InChI=1S/C11H22N2O/c12-11(9-1-5-13-6-2-9)10-3-7-14-8-4-10/h9-11,13H,1-8,12H2. The molecule has 2 fully saturated rings. The van der Waals surface area contributed by atoms with Crippen molar-refractivity contribution in [2.24, 2.45) is 17.6 Å². The molecule has 0 aromatic carbocycles. The molecule has 0 saturated carbocycles. The highest BCUT2D eigenvalue weighted by Crippen LogP contribution is 2.26. The van der Waals surface area contributed by atoms with Gasteiger partial charge in [0.15, 0.2) is 0 Å². The molecule has 2 heterocycles. The van der Waals surface area contributed by atoms with Crippen molar-refractivity contribution in [3.63, 3.8) is 0 Å². The monoisotopic (exact) mass is 198 g/mol. The van der Waals surface area contributed by atoms with Gasteiger partial charge in [0.1, 0.15) is 0 Å². The fraction of sp³-hybridized carbons (Fsp3) is 1.00. The summed E-state index contributed by atoms with van der Waals surface area (Å²) in [7, 11) is 0. The van der Waals surface area contributed by atoms with Gasteiger partial charge in [-0.1, -0.05) is 0 Å². The lowest BCUT2D eigenvalue weighted by Gasteiger charge is -2.35. The van der Waals surface area contributed by atoms with Gasteiger partial charge in [-0.2, -0.15) is 0 Å². The zero-order valence-electron chi connectivity index (χ0n) is 8.87. The van der Waals surface area contributed by atoms with E-state index in [4.69, 9.17) is 10.5 Å². The molecule has 0 aromatic rings. The summed E-state index contributed by atoms with van der Waals surface area (Å²) in [6, 6.07) is 0.418. The van der Waals surface area contributed by atoms with Crippen LogP contribution in [0, 0.1) is 11.8 Å². The third kappa shape index (κ3) is 2.47. The molecule has 3 heteroatoms. The second-order valence-electron chi connectivity index (χ2n) is 4.61. The Morgan fingerprint density at radius 2 is 1.57 bits per heavy atom. The van der Waals surface area contributed by atoms with Crippen LogP contribution in [0.4, 0.5) is 0 Å². The van der Waals surface area contributed by atoms with Gasteiger partial charge in [0.05, 0.1) is 0 Å². The quantitative estimate of drug-likeness (QED) is 0.688. The average molecular weight is 198 g/mol. The van der Waals surface area contributed by atoms with E-state index in [9.17, 15) is 0 Å². The molecule has 1 atom stereocenters. The van der Waals surface area contributed by atoms with Crippen molar-refractivity contribution >= 4 is 0 Å². The van der Waals surface area contributed by atoms with Crippen molar-refractivity contribution in [3.05, 3.63) is 0 Å². The highest BCUT2D eigenvalue weighted by Gasteiger charge is 2.28. The molecule has 2 rings (SSSR count). The first kappa shape index (κ1) is 10.4. The Balaban J connectivity index is 1.82. The van der Waals surface area contributed by atoms with Crippen molar-refractivity contribution in [2.45, 2.75) is 31.7 Å². The van der Waals surface area contributed by atoms with Gasteiger partial charge >= 0.3 is 0 Å². The number of ether oxygens (including phenoxy) is 1. The molecular weight excluding hydrogens is 176 g/mol. The summed E-state index contributed by atoms with van der Waals surface area (Å²) in [5.41, 5.74) is 6.34. The molecule has 0 aromatic heterocycles. The molecular formula is C11H22N2O. The Hall–Kier alpha value is -0.120. The van der Waals surface area contributed by atoms with Crippen LogP contribution in [-0.4, -0.2) is 32.3 Å². The predicted molar refractivity (Wildman–Crippen MR) is 57.1 cm³/mol. The first-order valence-corrected chi connectivity index (χ1v) is 5.92. The topological polar surface area (TPSA) is 47.3 Å². The maximum absolute atomic E-state index is 6.34. The molecule has 0 amide bonds. The van der Waals surface area contributed by atoms with Crippen molar-refractivity contribution in [1.82, 2.24) is 5.32 Å². The van der Waals surface area contributed by atoms with E-state index < -0.39 is 0 Å². The van der Waals surface area contributed by atoms with Gasteiger partial charge < -0.3 is 15.8 Å². The zero-order valence-corrected chi connectivity index (χ0v) is 8.87. The molecule has 3 N–H and O–H groups in total. The van der Waals surface area contributed by atoms with Crippen LogP contribution >= 0.6 is 0 Å². The van der Waals surface area contributed by atoms with E-state index in [1.807, 2.05) is 0 Å². The Bertz CT molecular complexity index is 145. The summed E-state index contributed by atoms with van der Waals surface area (Å²) in [6.07, 6.45) is 4.87. The van der Waals surface area contributed by atoms with E-state index >= 15 is 0 Å². The summed E-state index contributed by atoms with van der Waals surface area (Å²) < 4.78 is 5.37. The molecule has 14 heavy (non-hydrogen) atoms. The Kier molecular flexibility index (Phi) is 3.79. The van der Waals surface area contributed by atoms with E-state index in [1.165, 1.54) is 25.7 Å². The lowest BCUT2D eigenvalue weighted by molar-refractivity contribution is 0.0484. The minimum atomic E-state index is 0.418. The Morgan fingerprint density at radius 3 is 2.21 bits per heavy atom. The second kappa shape index (κ2) is 5.10.